The number of ketones is 1. The van der Waals surface area contributed by atoms with Crippen molar-refractivity contribution in [2.75, 3.05) is 39.6 Å². The Labute approximate surface area is 242 Å². The van der Waals surface area contributed by atoms with E-state index in [-0.39, 0.29) is 45.6 Å². The van der Waals surface area contributed by atoms with E-state index in [0.717, 1.165) is 17.8 Å². The zero-order valence-corrected chi connectivity index (χ0v) is 25.4. The molecule has 1 amide bonds. The summed E-state index contributed by atoms with van der Waals surface area (Å²) < 4.78 is 0. The fraction of sp³-hybridized carbons (Fsp3) is 0.567. The topological polar surface area (TPSA) is 151 Å². The summed E-state index contributed by atoms with van der Waals surface area (Å²) in [5, 5.41) is 46.0. The third-order valence-electron chi connectivity index (χ3n) is 9.10. The van der Waals surface area contributed by atoms with Crippen molar-refractivity contribution >= 4 is 30.3 Å². The van der Waals surface area contributed by atoms with Crippen LogP contribution in [-0.2, 0) is 17.8 Å². The average molecular weight is 567 g/mol. The first-order valence-electron chi connectivity index (χ1n) is 14.0. The van der Waals surface area contributed by atoms with Gasteiger partial charge >= 0.3 is 215 Å². The number of amides is 1. The van der Waals surface area contributed by atoms with Crippen LogP contribution in [0.4, 0.5) is 5.69 Å². The van der Waals surface area contributed by atoms with Crippen LogP contribution in [-0.4, -0.2) is 107 Å². The van der Waals surface area contributed by atoms with Gasteiger partial charge in [0.1, 0.15) is 0 Å². The average Bonchev–Trinajstić information content (AvgIpc) is 2.83. The maximum absolute atomic E-state index is 14.1. The molecule has 0 spiro atoms. The number of likely N-dealkylation sites (N-methyl/N-ethyl adjacent to an activating group) is 1. The molecule has 3 aliphatic carbocycles. The van der Waals surface area contributed by atoms with Crippen molar-refractivity contribution in [2.45, 2.75) is 64.3 Å². The van der Waals surface area contributed by atoms with Crippen molar-refractivity contribution in [1.82, 2.24) is 9.80 Å². The zero-order chi connectivity index (χ0) is 30.9. The first-order valence-corrected chi connectivity index (χ1v) is 14.0. The van der Waals surface area contributed by atoms with Crippen LogP contribution in [0.1, 0.15) is 55.6 Å². The fourth-order valence-corrected chi connectivity index (χ4v) is 7.25. The van der Waals surface area contributed by atoms with E-state index in [0.29, 0.717) is 18.5 Å². The Balaban J connectivity index is 1.94. The summed E-state index contributed by atoms with van der Waals surface area (Å²) in [7, 11) is 11.0. The normalized spacial score (nSPS) is 26.3. The summed E-state index contributed by atoms with van der Waals surface area (Å²) in [6, 6.07) is 0.748. The van der Waals surface area contributed by atoms with E-state index in [2.05, 4.69) is 40.1 Å². The number of hydrogen-bond acceptors (Lipinski definition) is 9. The number of nitrogens with two attached hydrogens (primary N) is 1. The summed E-state index contributed by atoms with van der Waals surface area (Å²) in [6.45, 7) is 9.81. The van der Waals surface area contributed by atoms with Gasteiger partial charge in [-0.3, -0.25) is 0 Å². The second kappa shape index (κ2) is 10.3. The molecule has 10 nitrogen and oxygen atoms in total. The molecule has 4 atom stereocenters. The fourth-order valence-electron chi connectivity index (χ4n) is 7.25. The van der Waals surface area contributed by atoms with Crippen LogP contribution in [0.5, 0.6) is 5.75 Å². The maximum atomic E-state index is 14.1. The molecule has 0 saturated heterocycles. The molecule has 0 aliphatic heterocycles. The predicted octanol–water partition coefficient (Wildman–Crippen LogP) is 1.31. The van der Waals surface area contributed by atoms with Gasteiger partial charge in [0.15, 0.2) is 0 Å². The number of rotatable bonds is 6. The number of benzene rings is 1. The second-order valence-electron chi connectivity index (χ2n) is 12.9. The summed E-state index contributed by atoms with van der Waals surface area (Å²) in [5.41, 5.74) is 5.08. The number of aliphatic hydroxyl groups is 3. The number of allylic oxidation sites excluding steroid dienone is 1. The standard InChI is InChI=1S/C30H43BN4O6/c1-9-35(29(2,3)4)13-15-12-18(36)20-16(22(15)33(5)6)10-14-11-17-23(34(7)8)25(38)21(28(32)40)26(31)30(17,41)27(39)19(14)24(20)37/h12,14,17,23,31,36,38-39,41H,9-11,13H2,1-8H3,(H2,32,40)/t14-,17-,23-,30+/m0/s1. The molecular weight excluding hydrogens is 523 g/mol. The number of carbonyl (C=O) groups excluding carboxylic acids is 2. The molecule has 0 fully saturated rings. The summed E-state index contributed by atoms with van der Waals surface area (Å²) in [5.74, 6) is -4.04. The van der Waals surface area contributed by atoms with Crippen molar-refractivity contribution in [3.63, 3.8) is 0 Å². The van der Waals surface area contributed by atoms with E-state index >= 15 is 0 Å². The number of anilines is 1. The van der Waals surface area contributed by atoms with E-state index in [1.165, 1.54) is 0 Å². The van der Waals surface area contributed by atoms with Gasteiger partial charge in [0.2, 0.25) is 0 Å². The first kappa shape index (κ1) is 30.8. The van der Waals surface area contributed by atoms with Gasteiger partial charge in [0, 0.05) is 0 Å². The number of nitrogens with zero attached hydrogens (tertiary/aromatic N) is 3. The molecule has 0 radical (unpaired) electrons. The van der Waals surface area contributed by atoms with E-state index in [4.69, 9.17) is 5.73 Å². The van der Waals surface area contributed by atoms with Gasteiger partial charge < -0.3 is 0 Å². The minimum absolute atomic E-state index is 0.0160. The van der Waals surface area contributed by atoms with Crippen molar-refractivity contribution in [3.8, 4) is 5.75 Å². The SMILES string of the molecule is B=C1C(C(N)=O)=C(O)[C@@H](N(C)C)[C@@H]2C[C@@H]3Cc4c(c(O)cc(CN(CC)C(C)(C)C)c4N(C)C)C(=O)C3=C(O)[C@]12O. The van der Waals surface area contributed by atoms with Crippen molar-refractivity contribution in [3.05, 3.63) is 45.4 Å². The Morgan fingerprint density at radius 2 is 1.78 bits per heavy atom. The van der Waals surface area contributed by atoms with E-state index < -0.39 is 40.9 Å². The van der Waals surface area contributed by atoms with Crippen molar-refractivity contribution < 1.29 is 30.0 Å². The quantitative estimate of drug-likeness (QED) is 0.321. The molecule has 4 rings (SSSR count). The predicted molar refractivity (Wildman–Crippen MR) is 161 cm³/mol. The monoisotopic (exact) mass is 566 g/mol. The molecular formula is C30H43BN4O6. The molecule has 0 saturated carbocycles. The Morgan fingerprint density at radius 3 is 2.27 bits per heavy atom. The number of fused-ring (bicyclic) bond motifs is 3. The molecule has 1 aromatic carbocycles. The van der Waals surface area contributed by atoms with Gasteiger partial charge in [-0.2, -0.15) is 0 Å². The van der Waals surface area contributed by atoms with Crippen LogP contribution in [0.3, 0.4) is 0 Å². The van der Waals surface area contributed by atoms with Gasteiger partial charge in [-0.1, -0.05) is 6.92 Å². The van der Waals surface area contributed by atoms with Crippen LogP contribution in [0.2, 0.25) is 0 Å². The number of Topliss-reactive ketones (excluding diaryl/α,β-unsaturated/α-hetero) is 1. The summed E-state index contributed by atoms with van der Waals surface area (Å²) in [6.07, 6.45) is 0.531. The minimum atomic E-state index is -2.21. The van der Waals surface area contributed by atoms with Crippen LogP contribution in [0.15, 0.2) is 28.7 Å². The van der Waals surface area contributed by atoms with Crippen LogP contribution in [0.25, 0.3) is 0 Å². The van der Waals surface area contributed by atoms with Crippen molar-refractivity contribution in [2.24, 2.45) is 17.6 Å². The van der Waals surface area contributed by atoms with Gasteiger partial charge in [-0.05, 0) is 20.8 Å². The third kappa shape index (κ3) is 4.58. The number of aromatic hydroxyl groups is 1. The molecule has 222 valence electrons. The Bertz CT molecular complexity index is 1390. The summed E-state index contributed by atoms with van der Waals surface area (Å²) in [4.78, 5) is 32.3. The Morgan fingerprint density at radius 1 is 1.17 bits per heavy atom. The van der Waals surface area contributed by atoms with Gasteiger partial charge in [-0.25, -0.2) is 0 Å². The van der Waals surface area contributed by atoms with Gasteiger partial charge in [-0.15, -0.1) is 0 Å². The molecule has 6 N–H and O–H groups in total. The molecule has 0 bridgehead atoms. The zero-order valence-electron chi connectivity index (χ0n) is 25.4. The first-order chi connectivity index (χ1) is 18.9. The molecule has 0 unspecified atom stereocenters. The van der Waals surface area contributed by atoms with Gasteiger partial charge in [0.05, 0.1) is 0 Å². The number of hydrogen-bond donors (Lipinski definition) is 5. The van der Waals surface area contributed by atoms with Crippen LogP contribution in [0, 0.1) is 11.8 Å². The number of aliphatic hydroxyl groups excluding tert-OH is 2. The van der Waals surface area contributed by atoms with Gasteiger partial charge in [0.25, 0.3) is 0 Å². The van der Waals surface area contributed by atoms with E-state index in [1.807, 2.05) is 19.0 Å². The Kier molecular flexibility index (Phi) is 7.73. The number of phenolic OH excluding ortho intramolecular Hbond substituents is 1. The Hall–Kier alpha value is -3.15. The molecule has 0 heterocycles. The van der Waals surface area contributed by atoms with E-state index in [1.54, 1.807) is 25.1 Å². The van der Waals surface area contributed by atoms with E-state index in [9.17, 15) is 30.0 Å². The molecule has 41 heavy (non-hydrogen) atoms. The molecule has 11 heteroatoms. The number of phenols is 1. The molecule has 1 aromatic rings. The second-order valence-corrected chi connectivity index (χ2v) is 12.9. The number of primary amides is 1. The number of carbonyl (C=O) groups is 2. The third-order valence-corrected chi connectivity index (χ3v) is 9.10. The summed E-state index contributed by atoms with van der Waals surface area (Å²) >= 11 is 0. The molecule has 0 aromatic heterocycles. The molecule has 3 aliphatic rings. The van der Waals surface area contributed by atoms with Crippen LogP contribution >= 0.6 is 0 Å². The van der Waals surface area contributed by atoms with Crippen molar-refractivity contribution in [1.29, 1.82) is 0 Å². The van der Waals surface area contributed by atoms with Crippen LogP contribution < -0.4 is 10.6 Å².